The van der Waals surface area contributed by atoms with Crippen LogP contribution in [0.15, 0.2) is 55.0 Å². The predicted octanol–water partition coefficient (Wildman–Crippen LogP) is 1.48. The molecule has 0 spiro atoms. The van der Waals surface area contributed by atoms with E-state index in [1.54, 1.807) is 41.5 Å². The molecular weight excluding hydrogens is 318 g/mol. The van der Waals surface area contributed by atoms with Crippen molar-refractivity contribution >= 4 is 5.91 Å². The van der Waals surface area contributed by atoms with Gasteiger partial charge in [-0.1, -0.05) is 0 Å². The van der Waals surface area contributed by atoms with Crippen LogP contribution < -0.4 is 5.32 Å². The van der Waals surface area contributed by atoms with Crippen LogP contribution in [-0.4, -0.2) is 42.7 Å². The Bertz CT molecular complexity index is 869. The molecule has 3 aromatic rings. The van der Waals surface area contributed by atoms with Crippen molar-refractivity contribution in [2.24, 2.45) is 0 Å². The first-order valence-electron chi connectivity index (χ1n) is 8.22. The summed E-state index contributed by atoms with van der Waals surface area (Å²) in [4.78, 5) is 12.5. The van der Waals surface area contributed by atoms with Gasteiger partial charge in [0.1, 0.15) is 0 Å². The molecule has 1 saturated carbocycles. The van der Waals surface area contributed by atoms with Gasteiger partial charge in [-0.05, 0) is 49.7 Å². The zero-order valence-corrected chi connectivity index (χ0v) is 13.8. The Labute approximate surface area is 144 Å². The number of carbonyl (C=O) groups is 1. The number of aryl methyl sites for hydroxylation is 1. The molecule has 0 saturated heterocycles. The van der Waals surface area contributed by atoms with E-state index < -0.39 is 6.10 Å². The highest BCUT2D eigenvalue weighted by molar-refractivity contribution is 5.94. The van der Waals surface area contributed by atoms with E-state index in [2.05, 4.69) is 15.5 Å². The van der Waals surface area contributed by atoms with Crippen LogP contribution >= 0.6 is 0 Å². The van der Waals surface area contributed by atoms with Crippen LogP contribution in [0.5, 0.6) is 0 Å². The second-order valence-electron chi connectivity index (χ2n) is 6.29. The fourth-order valence-corrected chi connectivity index (χ4v) is 3.22. The van der Waals surface area contributed by atoms with Crippen molar-refractivity contribution in [3.63, 3.8) is 0 Å². The standard InChI is InChI=1S/C18H19N5O2/c1-12-7-9-20-23(12)14-5-3-13(4-6-14)18(25)21-15-11-16(24)17(15)22-10-2-8-19-22/h2-10,15-17,24H,11H2,1H3,(H,21,25)/t15-,16+,17+/m0/s1. The number of carbonyl (C=O) groups excluding carboxylic acids is 1. The lowest BCUT2D eigenvalue weighted by atomic mass is 9.83. The first kappa shape index (κ1) is 15.6. The van der Waals surface area contributed by atoms with Crippen LogP contribution in [0.1, 0.15) is 28.5 Å². The van der Waals surface area contributed by atoms with Gasteiger partial charge < -0.3 is 10.4 Å². The Kier molecular flexibility index (Phi) is 3.85. The van der Waals surface area contributed by atoms with Crippen molar-refractivity contribution in [2.75, 3.05) is 0 Å². The van der Waals surface area contributed by atoms with Crippen molar-refractivity contribution in [2.45, 2.75) is 31.5 Å². The van der Waals surface area contributed by atoms with Gasteiger partial charge in [0, 0.05) is 29.8 Å². The summed E-state index contributed by atoms with van der Waals surface area (Å²) in [6, 6.07) is 10.7. The second kappa shape index (κ2) is 6.18. The molecule has 1 aromatic carbocycles. The third-order valence-corrected chi connectivity index (χ3v) is 4.65. The zero-order chi connectivity index (χ0) is 17.4. The van der Waals surface area contributed by atoms with Gasteiger partial charge in [-0.2, -0.15) is 10.2 Å². The van der Waals surface area contributed by atoms with E-state index in [0.29, 0.717) is 12.0 Å². The van der Waals surface area contributed by atoms with Gasteiger partial charge in [0.2, 0.25) is 0 Å². The highest BCUT2D eigenvalue weighted by Crippen LogP contribution is 2.32. The fourth-order valence-electron chi connectivity index (χ4n) is 3.22. The number of aromatic nitrogens is 4. The molecule has 2 heterocycles. The number of aliphatic hydroxyl groups is 1. The summed E-state index contributed by atoms with van der Waals surface area (Å²) in [7, 11) is 0. The van der Waals surface area contributed by atoms with Crippen LogP contribution in [0.25, 0.3) is 5.69 Å². The molecule has 2 N–H and O–H groups in total. The summed E-state index contributed by atoms with van der Waals surface area (Å²) in [5.41, 5.74) is 2.52. The molecule has 0 bridgehead atoms. The molecule has 1 aliphatic carbocycles. The van der Waals surface area contributed by atoms with Gasteiger partial charge in [-0.25, -0.2) is 4.68 Å². The number of nitrogens with one attached hydrogen (secondary N) is 1. The maximum Gasteiger partial charge on any atom is 0.251 e. The van der Waals surface area contributed by atoms with Gasteiger partial charge in [-0.3, -0.25) is 9.48 Å². The van der Waals surface area contributed by atoms with Crippen molar-refractivity contribution in [1.29, 1.82) is 0 Å². The molecule has 1 fully saturated rings. The monoisotopic (exact) mass is 337 g/mol. The van der Waals surface area contributed by atoms with Gasteiger partial charge in [0.25, 0.3) is 5.91 Å². The molecule has 1 aliphatic rings. The number of nitrogens with zero attached hydrogens (tertiary/aromatic N) is 4. The molecule has 128 valence electrons. The molecule has 1 amide bonds. The molecule has 0 radical (unpaired) electrons. The maximum atomic E-state index is 12.5. The summed E-state index contributed by atoms with van der Waals surface area (Å²) in [5, 5.41) is 21.4. The molecule has 0 unspecified atom stereocenters. The molecule has 4 rings (SSSR count). The Hall–Kier alpha value is -2.93. The van der Waals surface area contributed by atoms with Crippen LogP contribution in [-0.2, 0) is 0 Å². The lowest BCUT2D eigenvalue weighted by Gasteiger charge is -2.41. The average Bonchev–Trinajstić information content (AvgIpc) is 3.26. The normalized spacial score (nSPS) is 22.4. The van der Waals surface area contributed by atoms with Crippen LogP contribution in [0.2, 0.25) is 0 Å². The smallest absolute Gasteiger partial charge is 0.251 e. The molecule has 3 atom stereocenters. The Morgan fingerprint density at radius 3 is 2.60 bits per heavy atom. The van der Waals surface area contributed by atoms with E-state index in [1.165, 1.54) is 0 Å². The van der Waals surface area contributed by atoms with Crippen LogP contribution in [0, 0.1) is 6.92 Å². The second-order valence-corrected chi connectivity index (χ2v) is 6.29. The van der Waals surface area contributed by atoms with Gasteiger partial charge in [0.05, 0.1) is 23.9 Å². The van der Waals surface area contributed by atoms with E-state index in [0.717, 1.165) is 11.4 Å². The summed E-state index contributed by atoms with van der Waals surface area (Å²) in [6.07, 6.45) is 5.25. The Morgan fingerprint density at radius 2 is 2.00 bits per heavy atom. The van der Waals surface area contributed by atoms with Crippen molar-refractivity contribution in [1.82, 2.24) is 24.9 Å². The lowest BCUT2D eigenvalue weighted by Crippen LogP contribution is -2.56. The van der Waals surface area contributed by atoms with Crippen molar-refractivity contribution in [3.05, 3.63) is 66.2 Å². The Balaban J connectivity index is 1.46. The molecular formula is C18H19N5O2. The fraction of sp³-hybridized carbons (Fsp3) is 0.278. The number of hydrogen-bond acceptors (Lipinski definition) is 4. The number of rotatable bonds is 4. The number of hydrogen-bond donors (Lipinski definition) is 2. The van der Waals surface area contributed by atoms with E-state index in [-0.39, 0.29) is 18.0 Å². The predicted molar refractivity (Wildman–Crippen MR) is 91.4 cm³/mol. The van der Waals surface area contributed by atoms with Gasteiger partial charge in [-0.15, -0.1) is 0 Å². The first-order chi connectivity index (χ1) is 12.1. The molecule has 25 heavy (non-hydrogen) atoms. The average molecular weight is 337 g/mol. The molecule has 7 heteroatoms. The zero-order valence-electron chi connectivity index (χ0n) is 13.8. The van der Waals surface area contributed by atoms with E-state index in [1.807, 2.05) is 29.8 Å². The number of amides is 1. The summed E-state index contributed by atoms with van der Waals surface area (Å²) in [5.74, 6) is -0.155. The topological polar surface area (TPSA) is 85.0 Å². The first-order valence-corrected chi connectivity index (χ1v) is 8.22. The van der Waals surface area contributed by atoms with E-state index in [4.69, 9.17) is 0 Å². The molecule has 0 aliphatic heterocycles. The van der Waals surface area contributed by atoms with E-state index >= 15 is 0 Å². The molecule has 2 aromatic heterocycles. The van der Waals surface area contributed by atoms with Gasteiger partial charge >= 0.3 is 0 Å². The summed E-state index contributed by atoms with van der Waals surface area (Å²) in [6.45, 7) is 1.98. The molecule has 7 nitrogen and oxygen atoms in total. The highest BCUT2D eigenvalue weighted by Gasteiger charge is 2.42. The van der Waals surface area contributed by atoms with Gasteiger partial charge in [0.15, 0.2) is 0 Å². The van der Waals surface area contributed by atoms with E-state index in [9.17, 15) is 9.90 Å². The van der Waals surface area contributed by atoms with Crippen LogP contribution in [0.4, 0.5) is 0 Å². The Morgan fingerprint density at radius 1 is 1.20 bits per heavy atom. The minimum atomic E-state index is -0.490. The quantitative estimate of drug-likeness (QED) is 0.755. The van der Waals surface area contributed by atoms with Crippen LogP contribution in [0.3, 0.4) is 0 Å². The largest absolute Gasteiger partial charge is 0.391 e. The third kappa shape index (κ3) is 2.83. The number of aliphatic hydroxyl groups excluding tert-OH is 1. The summed E-state index contributed by atoms with van der Waals surface area (Å²) < 4.78 is 3.51. The van der Waals surface area contributed by atoms with Crippen molar-refractivity contribution in [3.8, 4) is 5.69 Å². The minimum Gasteiger partial charge on any atom is -0.391 e. The minimum absolute atomic E-state index is 0.129. The third-order valence-electron chi connectivity index (χ3n) is 4.65. The maximum absolute atomic E-state index is 12.5. The lowest BCUT2D eigenvalue weighted by molar-refractivity contribution is -0.00588. The van der Waals surface area contributed by atoms with Crippen molar-refractivity contribution < 1.29 is 9.90 Å². The summed E-state index contributed by atoms with van der Waals surface area (Å²) >= 11 is 0. The SMILES string of the molecule is Cc1ccnn1-c1ccc(C(=O)N[C@H]2C[C@@H](O)[C@@H]2n2cccn2)cc1. The highest BCUT2D eigenvalue weighted by atomic mass is 16.3. The number of benzene rings is 1.